The smallest absolute Gasteiger partial charge is 0.488 e. The number of hydrogen-bond donors (Lipinski definition) is 7. The molecule has 0 heterocycles. The van der Waals surface area contributed by atoms with Gasteiger partial charge >= 0.3 is 7.12 Å². The van der Waals surface area contributed by atoms with Gasteiger partial charge in [0.15, 0.2) is 11.5 Å². The summed E-state index contributed by atoms with van der Waals surface area (Å²) in [4.78, 5) is 0. The van der Waals surface area contributed by atoms with Crippen molar-refractivity contribution < 1.29 is 35.6 Å². The second kappa shape index (κ2) is 5.43. The van der Waals surface area contributed by atoms with Crippen molar-refractivity contribution in [3.63, 3.8) is 0 Å². The van der Waals surface area contributed by atoms with Crippen LogP contribution in [0, 0.1) is 0 Å². The molecule has 0 aromatic heterocycles. The van der Waals surface area contributed by atoms with E-state index in [-0.39, 0.29) is 17.4 Å². The van der Waals surface area contributed by atoms with E-state index >= 15 is 0 Å². The zero-order valence-corrected chi connectivity index (χ0v) is 10.7. The first-order valence-corrected chi connectivity index (χ1v) is 5.96. The number of phenols is 5. The predicted octanol–water partition coefficient (Wildman–Crippen LogP) is -0.515. The van der Waals surface area contributed by atoms with Gasteiger partial charge in [-0.3, -0.25) is 0 Å². The molecule has 0 amide bonds. The van der Waals surface area contributed by atoms with Gasteiger partial charge in [0.25, 0.3) is 0 Å². The van der Waals surface area contributed by atoms with E-state index < -0.39 is 35.9 Å². The third kappa shape index (κ3) is 2.54. The Kier molecular flexibility index (Phi) is 3.83. The van der Waals surface area contributed by atoms with Gasteiger partial charge < -0.3 is 35.6 Å². The van der Waals surface area contributed by atoms with Crippen LogP contribution in [0.4, 0.5) is 0 Å². The third-order valence-electron chi connectivity index (χ3n) is 3.17. The van der Waals surface area contributed by atoms with Crippen molar-refractivity contribution in [3.8, 4) is 28.7 Å². The van der Waals surface area contributed by atoms with E-state index in [9.17, 15) is 35.6 Å². The molecule has 0 bridgehead atoms. The van der Waals surface area contributed by atoms with E-state index in [1.807, 2.05) is 0 Å². The Balaban J connectivity index is 2.56. The first kappa shape index (κ1) is 14.8. The molecule has 0 fully saturated rings. The summed E-state index contributed by atoms with van der Waals surface area (Å²) in [6.07, 6.45) is -0.202. The van der Waals surface area contributed by atoms with Crippen molar-refractivity contribution in [3.05, 3.63) is 35.4 Å². The van der Waals surface area contributed by atoms with Crippen molar-refractivity contribution in [1.29, 1.82) is 0 Å². The molecule has 0 aliphatic carbocycles. The van der Waals surface area contributed by atoms with Gasteiger partial charge in [-0.15, -0.1) is 0 Å². The molecule has 110 valence electrons. The Morgan fingerprint density at radius 3 is 1.71 bits per heavy atom. The number of rotatable bonds is 3. The van der Waals surface area contributed by atoms with Crippen LogP contribution in [0.15, 0.2) is 24.3 Å². The van der Waals surface area contributed by atoms with Crippen LogP contribution >= 0.6 is 0 Å². The summed E-state index contributed by atoms with van der Waals surface area (Å²) in [5.74, 6) is -4.58. The largest absolute Gasteiger partial charge is 0.504 e. The van der Waals surface area contributed by atoms with Crippen LogP contribution in [-0.2, 0) is 6.42 Å². The Morgan fingerprint density at radius 1 is 0.714 bits per heavy atom. The maximum absolute atomic E-state index is 9.77. The highest BCUT2D eigenvalue weighted by atomic mass is 16.4. The molecular formula is C13H13BO7. The van der Waals surface area contributed by atoms with Gasteiger partial charge in [0, 0.05) is 12.0 Å². The fourth-order valence-corrected chi connectivity index (χ4v) is 2.04. The minimum atomic E-state index is -1.76. The Labute approximate surface area is 119 Å². The van der Waals surface area contributed by atoms with Crippen LogP contribution in [0.25, 0.3) is 0 Å². The van der Waals surface area contributed by atoms with Crippen LogP contribution in [0.1, 0.15) is 11.1 Å². The maximum Gasteiger partial charge on any atom is 0.488 e. The van der Waals surface area contributed by atoms with E-state index in [0.29, 0.717) is 5.56 Å². The summed E-state index contributed by atoms with van der Waals surface area (Å²) in [6, 6.07) is 6.14. The van der Waals surface area contributed by atoms with Gasteiger partial charge in [0.05, 0.1) is 0 Å². The fourth-order valence-electron chi connectivity index (χ4n) is 2.04. The lowest BCUT2D eigenvalue weighted by atomic mass is 9.75. The molecule has 0 saturated heterocycles. The number of aromatic hydroxyl groups is 5. The highest BCUT2D eigenvalue weighted by Gasteiger charge is 2.24. The van der Waals surface area contributed by atoms with Crippen molar-refractivity contribution in [1.82, 2.24) is 0 Å². The van der Waals surface area contributed by atoms with Crippen LogP contribution < -0.4 is 5.46 Å². The highest BCUT2D eigenvalue weighted by Crippen LogP contribution is 2.51. The molecule has 2 aromatic rings. The van der Waals surface area contributed by atoms with Gasteiger partial charge in [-0.2, -0.15) is 0 Å². The van der Waals surface area contributed by atoms with Crippen molar-refractivity contribution in [2.75, 3.05) is 0 Å². The van der Waals surface area contributed by atoms with Crippen LogP contribution in [0.2, 0.25) is 0 Å². The molecule has 0 aliphatic heterocycles. The molecule has 2 aromatic carbocycles. The topological polar surface area (TPSA) is 142 Å². The second-order valence-corrected chi connectivity index (χ2v) is 4.47. The van der Waals surface area contributed by atoms with Gasteiger partial charge in [-0.25, -0.2) is 0 Å². The van der Waals surface area contributed by atoms with Crippen LogP contribution in [0.3, 0.4) is 0 Å². The van der Waals surface area contributed by atoms with Crippen molar-refractivity contribution in [2.45, 2.75) is 6.42 Å². The van der Waals surface area contributed by atoms with Gasteiger partial charge in [0.2, 0.25) is 17.2 Å². The molecule has 21 heavy (non-hydrogen) atoms. The normalized spacial score (nSPS) is 10.6. The van der Waals surface area contributed by atoms with E-state index in [1.165, 1.54) is 12.1 Å². The molecule has 0 aliphatic rings. The summed E-state index contributed by atoms with van der Waals surface area (Å²) in [5, 5.41) is 66.3. The molecule has 0 spiro atoms. The standard InChI is InChI=1S/C13H13BO7/c15-9-7(10(16)12(18)13(19)11(9)17)5-6-3-1-2-4-8(6)14(20)21/h1-4,15-21H,5H2. The Morgan fingerprint density at radius 2 is 1.19 bits per heavy atom. The summed E-state index contributed by atoms with van der Waals surface area (Å²) >= 11 is 0. The molecule has 0 unspecified atom stereocenters. The molecule has 7 N–H and O–H groups in total. The average Bonchev–Trinajstić information content (AvgIpc) is 2.48. The first-order chi connectivity index (χ1) is 9.84. The summed E-state index contributed by atoms with van der Waals surface area (Å²) in [6.45, 7) is 0. The number of hydrogen-bond acceptors (Lipinski definition) is 7. The zero-order valence-electron chi connectivity index (χ0n) is 10.7. The molecule has 7 nitrogen and oxygen atoms in total. The monoisotopic (exact) mass is 292 g/mol. The van der Waals surface area contributed by atoms with Crippen LogP contribution in [-0.4, -0.2) is 42.7 Å². The Bertz CT molecular complexity index is 655. The average molecular weight is 292 g/mol. The van der Waals surface area contributed by atoms with E-state index in [1.54, 1.807) is 12.1 Å². The summed E-state index contributed by atoms with van der Waals surface area (Å²) in [5.41, 5.74) is 0.238. The quantitative estimate of drug-likeness (QED) is 0.229. The number of phenolic OH excluding ortho intramolecular Hbond substituents is 5. The lowest BCUT2D eigenvalue weighted by Crippen LogP contribution is -2.32. The second-order valence-electron chi connectivity index (χ2n) is 4.47. The highest BCUT2D eigenvalue weighted by molar-refractivity contribution is 6.59. The maximum atomic E-state index is 9.77. The predicted molar refractivity (Wildman–Crippen MR) is 73.8 cm³/mol. The SMILES string of the molecule is OB(O)c1ccccc1Cc1c(O)c(O)c(O)c(O)c1O. The third-order valence-corrected chi connectivity index (χ3v) is 3.17. The lowest BCUT2D eigenvalue weighted by Gasteiger charge is -2.14. The van der Waals surface area contributed by atoms with Gasteiger partial charge in [0.1, 0.15) is 0 Å². The molecule has 0 atom stereocenters. The molecule has 8 heteroatoms. The first-order valence-electron chi connectivity index (χ1n) is 5.96. The van der Waals surface area contributed by atoms with Crippen LogP contribution in [0.5, 0.6) is 28.7 Å². The molecular weight excluding hydrogens is 279 g/mol. The fraction of sp³-hybridized carbons (Fsp3) is 0.0769. The zero-order chi connectivity index (χ0) is 15.7. The summed E-state index contributed by atoms with van der Waals surface area (Å²) in [7, 11) is -1.76. The van der Waals surface area contributed by atoms with Crippen molar-refractivity contribution in [2.24, 2.45) is 0 Å². The van der Waals surface area contributed by atoms with Gasteiger partial charge in [-0.1, -0.05) is 24.3 Å². The number of benzene rings is 2. The molecule has 0 radical (unpaired) electrons. The lowest BCUT2D eigenvalue weighted by molar-refractivity contribution is 0.324. The van der Waals surface area contributed by atoms with E-state index in [2.05, 4.69) is 0 Å². The summed E-state index contributed by atoms with van der Waals surface area (Å²) < 4.78 is 0. The van der Waals surface area contributed by atoms with E-state index in [4.69, 9.17) is 0 Å². The molecule has 2 rings (SSSR count). The van der Waals surface area contributed by atoms with Crippen molar-refractivity contribution >= 4 is 12.6 Å². The minimum absolute atomic E-state index is 0.142. The van der Waals surface area contributed by atoms with Gasteiger partial charge in [-0.05, 0) is 11.0 Å². The molecule has 0 saturated carbocycles. The minimum Gasteiger partial charge on any atom is -0.504 e. The van der Waals surface area contributed by atoms with E-state index in [0.717, 1.165) is 0 Å². The Hall–Kier alpha value is -2.58.